The third kappa shape index (κ3) is 3.36. The Morgan fingerprint density at radius 3 is 2.75 bits per heavy atom. The van der Waals surface area contributed by atoms with Crippen molar-refractivity contribution in [3.05, 3.63) is 35.4 Å². The van der Waals surface area contributed by atoms with Crippen molar-refractivity contribution in [2.45, 2.75) is 13.5 Å². The van der Waals surface area contributed by atoms with E-state index in [2.05, 4.69) is 16.0 Å². The highest BCUT2D eigenvalue weighted by molar-refractivity contribution is 5.94. The van der Waals surface area contributed by atoms with Crippen LogP contribution in [0.5, 0.6) is 0 Å². The highest BCUT2D eigenvalue weighted by Crippen LogP contribution is 2.16. The van der Waals surface area contributed by atoms with E-state index in [1.54, 1.807) is 19.2 Å². The smallest absolute Gasteiger partial charge is 0.251 e. The third-order valence-electron chi connectivity index (χ3n) is 3.82. The zero-order valence-corrected chi connectivity index (χ0v) is 11.9. The fourth-order valence-electron chi connectivity index (χ4n) is 2.20. The number of amides is 2. The molecular formula is C15H21N3O2. The predicted molar refractivity (Wildman–Crippen MR) is 77.2 cm³/mol. The summed E-state index contributed by atoms with van der Waals surface area (Å²) in [6.45, 7) is 4.25. The fraction of sp³-hybridized carbons (Fsp3) is 0.467. The topological polar surface area (TPSA) is 70.2 Å². The molecule has 5 nitrogen and oxygen atoms in total. The lowest BCUT2D eigenvalue weighted by molar-refractivity contribution is -0.126. The van der Waals surface area contributed by atoms with Crippen LogP contribution in [0, 0.1) is 11.8 Å². The second-order valence-corrected chi connectivity index (χ2v) is 5.20. The van der Waals surface area contributed by atoms with Crippen LogP contribution in [0.25, 0.3) is 0 Å². The molecule has 0 radical (unpaired) electrons. The minimum atomic E-state index is -0.118. The quantitative estimate of drug-likeness (QED) is 0.733. The maximum Gasteiger partial charge on any atom is 0.251 e. The summed E-state index contributed by atoms with van der Waals surface area (Å²) in [4.78, 5) is 23.5. The number of hydrogen-bond acceptors (Lipinski definition) is 3. The average molecular weight is 275 g/mol. The maximum atomic E-state index is 12.0. The van der Waals surface area contributed by atoms with Crippen molar-refractivity contribution < 1.29 is 9.59 Å². The summed E-state index contributed by atoms with van der Waals surface area (Å²) in [6.07, 6.45) is 0. The first-order chi connectivity index (χ1) is 9.61. The van der Waals surface area contributed by atoms with Crippen LogP contribution in [0.4, 0.5) is 0 Å². The number of benzene rings is 1. The van der Waals surface area contributed by atoms with Crippen molar-refractivity contribution in [3.63, 3.8) is 0 Å². The van der Waals surface area contributed by atoms with Crippen molar-refractivity contribution in [2.75, 3.05) is 20.1 Å². The average Bonchev–Trinajstić information content (AvgIpc) is 2.42. The number of hydrogen-bond donors (Lipinski definition) is 3. The Balaban J connectivity index is 1.90. The van der Waals surface area contributed by atoms with Gasteiger partial charge in [0.15, 0.2) is 0 Å². The summed E-state index contributed by atoms with van der Waals surface area (Å²) in [6, 6.07) is 7.29. The van der Waals surface area contributed by atoms with Gasteiger partial charge in [-0.25, -0.2) is 0 Å². The summed E-state index contributed by atoms with van der Waals surface area (Å²) in [5, 5.41) is 8.69. The van der Waals surface area contributed by atoms with Crippen LogP contribution in [0.1, 0.15) is 22.8 Å². The second-order valence-electron chi connectivity index (χ2n) is 5.20. The largest absolute Gasteiger partial charge is 0.355 e. The highest BCUT2D eigenvalue weighted by Gasteiger charge is 2.28. The van der Waals surface area contributed by atoms with Gasteiger partial charge in [-0.05, 0) is 36.7 Å². The molecule has 0 bridgehead atoms. The van der Waals surface area contributed by atoms with Gasteiger partial charge in [0.1, 0.15) is 0 Å². The van der Waals surface area contributed by atoms with Crippen LogP contribution in [0.15, 0.2) is 24.3 Å². The molecule has 1 heterocycles. The molecule has 2 rings (SSSR count). The van der Waals surface area contributed by atoms with Gasteiger partial charge in [0.05, 0.1) is 0 Å². The molecule has 3 N–H and O–H groups in total. The molecule has 0 aliphatic carbocycles. The van der Waals surface area contributed by atoms with Crippen molar-refractivity contribution in [3.8, 4) is 0 Å². The molecule has 1 aromatic rings. The van der Waals surface area contributed by atoms with Crippen LogP contribution in [0.3, 0.4) is 0 Å². The molecule has 20 heavy (non-hydrogen) atoms. The van der Waals surface area contributed by atoms with Crippen LogP contribution >= 0.6 is 0 Å². The Morgan fingerprint density at radius 1 is 1.40 bits per heavy atom. The zero-order chi connectivity index (χ0) is 14.5. The van der Waals surface area contributed by atoms with Crippen molar-refractivity contribution in [1.29, 1.82) is 0 Å². The first-order valence-corrected chi connectivity index (χ1v) is 6.91. The summed E-state index contributed by atoms with van der Waals surface area (Å²) in [5.41, 5.74) is 1.54. The molecule has 108 valence electrons. The van der Waals surface area contributed by atoms with E-state index in [9.17, 15) is 9.59 Å². The Morgan fingerprint density at radius 2 is 2.15 bits per heavy atom. The van der Waals surface area contributed by atoms with Gasteiger partial charge in [-0.3, -0.25) is 9.59 Å². The van der Waals surface area contributed by atoms with Gasteiger partial charge in [0, 0.05) is 25.1 Å². The van der Waals surface area contributed by atoms with E-state index in [0.29, 0.717) is 18.0 Å². The van der Waals surface area contributed by atoms with Gasteiger partial charge in [-0.2, -0.15) is 0 Å². The normalized spacial score (nSPS) is 16.1. The summed E-state index contributed by atoms with van der Waals surface area (Å²) < 4.78 is 0. The second kappa shape index (κ2) is 6.52. The molecule has 1 fully saturated rings. The van der Waals surface area contributed by atoms with Gasteiger partial charge in [-0.1, -0.05) is 19.1 Å². The molecule has 5 heteroatoms. The highest BCUT2D eigenvalue weighted by atomic mass is 16.2. The lowest BCUT2D eigenvalue weighted by atomic mass is 9.88. The molecule has 1 saturated heterocycles. The van der Waals surface area contributed by atoms with E-state index in [1.807, 2.05) is 19.1 Å². The van der Waals surface area contributed by atoms with Gasteiger partial charge >= 0.3 is 0 Å². The van der Waals surface area contributed by atoms with Crippen LogP contribution in [-0.2, 0) is 11.3 Å². The number of rotatable bonds is 5. The minimum absolute atomic E-state index is 0.0263. The van der Waals surface area contributed by atoms with Crippen molar-refractivity contribution in [1.82, 2.24) is 16.0 Å². The fourth-order valence-corrected chi connectivity index (χ4v) is 2.20. The molecule has 1 unspecified atom stereocenters. The molecule has 0 saturated carbocycles. The van der Waals surface area contributed by atoms with E-state index < -0.39 is 0 Å². The molecule has 1 aromatic carbocycles. The Labute approximate surface area is 119 Å². The van der Waals surface area contributed by atoms with Crippen LogP contribution < -0.4 is 16.0 Å². The van der Waals surface area contributed by atoms with E-state index in [-0.39, 0.29) is 17.7 Å². The number of carbonyl (C=O) groups excluding carboxylic acids is 2. The SMILES string of the molecule is CNC(=O)c1cccc(CNC(=O)C(C)C2CNC2)c1. The summed E-state index contributed by atoms with van der Waals surface area (Å²) in [7, 11) is 1.60. The molecule has 2 amide bonds. The van der Waals surface area contributed by atoms with E-state index >= 15 is 0 Å². The van der Waals surface area contributed by atoms with E-state index in [4.69, 9.17) is 0 Å². The van der Waals surface area contributed by atoms with Gasteiger partial charge in [0.25, 0.3) is 5.91 Å². The van der Waals surface area contributed by atoms with Crippen LogP contribution in [-0.4, -0.2) is 32.0 Å². The van der Waals surface area contributed by atoms with Crippen LogP contribution in [0.2, 0.25) is 0 Å². The van der Waals surface area contributed by atoms with Crippen molar-refractivity contribution in [2.24, 2.45) is 11.8 Å². The first kappa shape index (κ1) is 14.5. The molecule has 0 aromatic heterocycles. The summed E-state index contributed by atoms with van der Waals surface area (Å²) >= 11 is 0. The Hall–Kier alpha value is -1.88. The van der Waals surface area contributed by atoms with Gasteiger partial charge in [-0.15, -0.1) is 0 Å². The predicted octanol–water partition coefficient (Wildman–Crippen LogP) is 0.518. The molecule has 1 aliphatic heterocycles. The molecule has 1 atom stereocenters. The third-order valence-corrected chi connectivity index (χ3v) is 3.82. The van der Waals surface area contributed by atoms with E-state index in [0.717, 1.165) is 18.7 Å². The Kier molecular flexibility index (Phi) is 4.74. The van der Waals surface area contributed by atoms with Gasteiger partial charge in [0.2, 0.25) is 5.91 Å². The molecule has 0 spiro atoms. The van der Waals surface area contributed by atoms with E-state index in [1.165, 1.54) is 0 Å². The number of nitrogens with one attached hydrogen (secondary N) is 3. The standard InChI is InChI=1S/C15H21N3O2/c1-10(13-8-17-9-13)14(19)18-7-11-4-3-5-12(6-11)15(20)16-2/h3-6,10,13,17H,7-9H2,1-2H3,(H,16,20)(H,18,19). The lowest BCUT2D eigenvalue weighted by Gasteiger charge is -2.31. The Bertz CT molecular complexity index is 498. The van der Waals surface area contributed by atoms with Crippen molar-refractivity contribution >= 4 is 11.8 Å². The molecule has 1 aliphatic rings. The number of carbonyl (C=O) groups is 2. The van der Waals surface area contributed by atoms with Gasteiger partial charge < -0.3 is 16.0 Å². The molecular weight excluding hydrogens is 254 g/mol. The first-order valence-electron chi connectivity index (χ1n) is 6.91. The summed E-state index contributed by atoms with van der Waals surface area (Å²) in [5.74, 6) is 0.416. The lowest BCUT2D eigenvalue weighted by Crippen LogP contribution is -2.49. The maximum absolute atomic E-state index is 12.0. The monoisotopic (exact) mass is 275 g/mol. The zero-order valence-electron chi connectivity index (χ0n) is 11.9. The minimum Gasteiger partial charge on any atom is -0.355 e.